The van der Waals surface area contributed by atoms with E-state index in [4.69, 9.17) is 0 Å². The molecule has 1 aromatic rings. The van der Waals surface area contributed by atoms with Crippen LogP contribution in [0.1, 0.15) is 26.2 Å². The Morgan fingerprint density at radius 2 is 2.00 bits per heavy atom. The van der Waals surface area contributed by atoms with Crippen LogP contribution in [0.4, 0.5) is 0 Å². The molecule has 124 valence electrons. The Labute approximate surface area is 135 Å². The zero-order valence-corrected chi connectivity index (χ0v) is 13.5. The smallest absolute Gasteiger partial charge is 0.250 e. The summed E-state index contributed by atoms with van der Waals surface area (Å²) in [6.45, 7) is 4.81. The molecule has 3 rings (SSSR count). The van der Waals surface area contributed by atoms with Gasteiger partial charge in [-0.3, -0.25) is 14.4 Å². The van der Waals surface area contributed by atoms with Gasteiger partial charge in [0.2, 0.25) is 11.8 Å². The third-order valence-corrected chi connectivity index (χ3v) is 5.01. The molecule has 1 unspecified atom stereocenters. The highest BCUT2D eigenvalue weighted by atomic mass is 16.2. The molecule has 0 bridgehead atoms. The van der Waals surface area contributed by atoms with Crippen molar-refractivity contribution in [2.24, 2.45) is 5.41 Å². The molecule has 0 aromatic carbocycles. The summed E-state index contributed by atoms with van der Waals surface area (Å²) in [5, 5.41) is 0. The summed E-state index contributed by atoms with van der Waals surface area (Å²) in [7, 11) is 0. The highest BCUT2D eigenvalue weighted by Crippen LogP contribution is 2.40. The number of carbonyl (C=O) groups is 2. The highest BCUT2D eigenvalue weighted by molar-refractivity contribution is 5.87. The molecule has 1 aromatic heterocycles. The van der Waals surface area contributed by atoms with Crippen LogP contribution in [0.5, 0.6) is 0 Å². The summed E-state index contributed by atoms with van der Waals surface area (Å²) in [6.07, 6.45) is 4.15. The van der Waals surface area contributed by atoms with Crippen molar-refractivity contribution in [1.82, 2.24) is 14.4 Å². The van der Waals surface area contributed by atoms with E-state index in [1.165, 1.54) is 10.6 Å². The maximum Gasteiger partial charge on any atom is 0.250 e. The molecule has 2 aliphatic heterocycles. The summed E-state index contributed by atoms with van der Waals surface area (Å²) in [4.78, 5) is 40.5. The van der Waals surface area contributed by atoms with Gasteiger partial charge in [0.1, 0.15) is 6.54 Å². The van der Waals surface area contributed by atoms with Crippen LogP contribution in [0.3, 0.4) is 0 Å². The van der Waals surface area contributed by atoms with E-state index in [0.717, 1.165) is 32.4 Å². The lowest BCUT2D eigenvalue weighted by atomic mass is 9.85. The fourth-order valence-corrected chi connectivity index (χ4v) is 3.68. The number of amides is 2. The van der Waals surface area contributed by atoms with Crippen molar-refractivity contribution in [2.75, 3.05) is 26.2 Å². The van der Waals surface area contributed by atoms with Crippen LogP contribution in [0, 0.1) is 5.41 Å². The van der Waals surface area contributed by atoms with Crippen molar-refractivity contribution in [3.05, 3.63) is 34.7 Å². The van der Waals surface area contributed by atoms with Crippen LogP contribution in [-0.4, -0.2) is 52.4 Å². The van der Waals surface area contributed by atoms with Gasteiger partial charge in [-0.2, -0.15) is 0 Å². The van der Waals surface area contributed by atoms with Crippen molar-refractivity contribution in [2.45, 2.75) is 32.7 Å². The van der Waals surface area contributed by atoms with Crippen molar-refractivity contribution in [3.8, 4) is 0 Å². The van der Waals surface area contributed by atoms with E-state index in [9.17, 15) is 14.4 Å². The maximum absolute atomic E-state index is 12.6. The van der Waals surface area contributed by atoms with E-state index >= 15 is 0 Å². The predicted molar refractivity (Wildman–Crippen MR) is 85.8 cm³/mol. The number of pyridine rings is 1. The lowest BCUT2D eigenvalue weighted by Gasteiger charge is -2.23. The van der Waals surface area contributed by atoms with Gasteiger partial charge in [-0.1, -0.05) is 13.0 Å². The van der Waals surface area contributed by atoms with Gasteiger partial charge >= 0.3 is 0 Å². The Morgan fingerprint density at radius 3 is 2.74 bits per heavy atom. The number of hydrogen-bond acceptors (Lipinski definition) is 3. The Balaban J connectivity index is 1.66. The number of aromatic nitrogens is 1. The van der Waals surface area contributed by atoms with Gasteiger partial charge in [-0.25, -0.2) is 0 Å². The summed E-state index contributed by atoms with van der Waals surface area (Å²) >= 11 is 0. The van der Waals surface area contributed by atoms with Crippen LogP contribution < -0.4 is 5.56 Å². The van der Waals surface area contributed by atoms with Crippen molar-refractivity contribution >= 4 is 11.8 Å². The number of carbonyl (C=O) groups excluding carboxylic acids is 2. The maximum atomic E-state index is 12.6. The van der Waals surface area contributed by atoms with E-state index in [1.54, 1.807) is 23.2 Å². The van der Waals surface area contributed by atoms with Gasteiger partial charge in [-0.15, -0.1) is 0 Å². The molecule has 2 amide bonds. The molecule has 0 N–H and O–H groups in total. The standard InChI is InChI=1S/C17H23N3O3/c1-2-8-18-10-6-17(16(18)23)7-11-20(13-17)15(22)12-19-9-4-3-5-14(19)21/h3-5,9H,2,6-8,10-13H2,1H3. The van der Waals surface area contributed by atoms with Gasteiger partial charge in [0.25, 0.3) is 5.56 Å². The third-order valence-electron chi connectivity index (χ3n) is 5.01. The second-order valence-corrected chi connectivity index (χ2v) is 6.55. The molecule has 2 saturated heterocycles. The van der Waals surface area contributed by atoms with Gasteiger partial charge in [0, 0.05) is 38.4 Å². The molecule has 6 heteroatoms. The van der Waals surface area contributed by atoms with Crippen LogP contribution in [0.2, 0.25) is 0 Å². The Hall–Kier alpha value is -2.11. The van der Waals surface area contributed by atoms with Crippen molar-refractivity contribution in [1.29, 1.82) is 0 Å². The lowest BCUT2D eigenvalue weighted by Crippen LogP contribution is -2.40. The Bertz CT molecular complexity index is 669. The zero-order valence-electron chi connectivity index (χ0n) is 13.5. The number of hydrogen-bond donors (Lipinski definition) is 0. The molecular formula is C17H23N3O3. The topological polar surface area (TPSA) is 62.6 Å². The largest absolute Gasteiger partial charge is 0.342 e. The van der Waals surface area contributed by atoms with Crippen molar-refractivity contribution in [3.63, 3.8) is 0 Å². The minimum atomic E-state index is -0.382. The molecule has 0 radical (unpaired) electrons. The average molecular weight is 317 g/mol. The summed E-state index contributed by atoms with van der Waals surface area (Å²) in [5.41, 5.74) is -0.562. The fourth-order valence-electron chi connectivity index (χ4n) is 3.68. The predicted octanol–water partition coefficient (Wildman–Crippen LogP) is 0.709. The molecule has 6 nitrogen and oxygen atoms in total. The molecule has 1 spiro atoms. The van der Waals surface area contributed by atoms with Crippen LogP contribution in [0.25, 0.3) is 0 Å². The van der Waals surface area contributed by atoms with Gasteiger partial charge in [0.05, 0.1) is 5.41 Å². The van der Waals surface area contributed by atoms with E-state index in [2.05, 4.69) is 6.92 Å². The Morgan fingerprint density at radius 1 is 1.22 bits per heavy atom. The minimum absolute atomic E-state index is 0.0443. The van der Waals surface area contributed by atoms with E-state index in [1.807, 2.05) is 4.90 Å². The fraction of sp³-hybridized carbons (Fsp3) is 0.588. The molecule has 2 aliphatic rings. The molecule has 23 heavy (non-hydrogen) atoms. The second kappa shape index (κ2) is 6.18. The van der Waals surface area contributed by atoms with Crippen LogP contribution in [-0.2, 0) is 16.1 Å². The summed E-state index contributed by atoms with van der Waals surface area (Å²) in [6, 6.07) is 4.85. The normalized spacial score (nSPS) is 24.0. The van der Waals surface area contributed by atoms with E-state index in [0.29, 0.717) is 13.1 Å². The molecule has 0 aliphatic carbocycles. The summed E-state index contributed by atoms with van der Waals surface area (Å²) in [5.74, 6) is 0.114. The van der Waals surface area contributed by atoms with Gasteiger partial charge < -0.3 is 14.4 Å². The quantitative estimate of drug-likeness (QED) is 0.821. The lowest BCUT2D eigenvalue weighted by molar-refractivity contribution is -0.136. The molecular weight excluding hydrogens is 294 g/mol. The number of likely N-dealkylation sites (tertiary alicyclic amines) is 2. The number of nitrogens with zero attached hydrogens (tertiary/aromatic N) is 3. The van der Waals surface area contributed by atoms with Gasteiger partial charge in [-0.05, 0) is 25.3 Å². The monoisotopic (exact) mass is 317 g/mol. The number of rotatable bonds is 4. The van der Waals surface area contributed by atoms with E-state index < -0.39 is 0 Å². The second-order valence-electron chi connectivity index (χ2n) is 6.55. The third kappa shape index (κ3) is 2.90. The first kappa shape index (κ1) is 15.8. The molecule has 3 heterocycles. The SMILES string of the molecule is CCCN1CCC2(CCN(C(=O)Cn3ccccc3=O)C2)C1=O. The minimum Gasteiger partial charge on any atom is -0.342 e. The van der Waals surface area contributed by atoms with Crippen molar-refractivity contribution < 1.29 is 9.59 Å². The average Bonchev–Trinajstić information content (AvgIpc) is 3.10. The first-order chi connectivity index (χ1) is 11.1. The summed E-state index contributed by atoms with van der Waals surface area (Å²) < 4.78 is 1.41. The van der Waals surface area contributed by atoms with Crippen LogP contribution >= 0.6 is 0 Å². The van der Waals surface area contributed by atoms with Crippen LogP contribution in [0.15, 0.2) is 29.2 Å². The Kier molecular flexibility index (Phi) is 4.24. The first-order valence-corrected chi connectivity index (χ1v) is 8.28. The van der Waals surface area contributed by atoms with Gasteiger partial charge in [0.15, 0.2) is 0 Å². The zero-order chi connectivity index (χ0) is 16.4. The molecule has 2 fully saturated rings. The van der Waals surface area contributed by atoms with E-state index in [-0.39, 0.29) is 29.3 Å². The first-order valence-electron chi connectivity index (χ1n) is 8.28. The molecule has 0 saturated carbocycles. The highest BCUT2D eigenvalue weighted by Gasteiger charge is 2.51. The molecule has 1 atom stereocenters.